The molecule has 0 aliphatic carbocycles. The lowest BCUT2D eigenvalue weighted by atomic mass is 9.98. The molecule has 0 radical (unpaired) electrons. The van der Waals surface area contributed by atoms with E-state index in [0.29, 0.717) is 31.8 Å². The van der Waals surface area contributed by atoms with E-state index in [-0.39, 0.29) is 11.6 Å². The maximum atomic E-state index is 13.6. The van der Waals surface area contributed by atoms with Crippen LogP contribution in [0.4, 0.5) is 5.82 Å². The number of pyridine rings is 1. The third-order valence-electron chi connectivity index (χ3n) is 5.25. The van der Waals surface area contributed by atoms with Crippen LogP contribution in [0.1, 0.15) is 18.5 Å². The molecular weight excluding hydrogens is 519 g/mol. The first-order chi connectivity index (χ1) is 15.6. The van der Waals surface area contributed by atoms with Gasteiger partial charge < -0.3 is 5.73 Å². The van der Waals surface area contributed by atoms with Crippen molar-refractivity contribution in [3.63, 3.8) is 0 Å². The Morgan fingerprint density at radius 1 is 1.06 bits per heavy atom. The molecule has 1 atom stereocenters. The van der Waals surface area contributed by atoms with Crippen LogP contribution in [0.15, 0.2) is 72.2 Å². The highest BCUT2D eigenvalue weighted by Crippen LogP contribution is 2.31. The van der Waals surface area contributed by atoms with Gasteiger partial charge in [-0.05, 0) is 47.2 Å². The molecule has 32 heavy (non-hydrogen) atoms. The zero-order valence-electron chi connectivity index (χ0n) is 16.9. The molecule has 1 unspecified atom stereocenters. The lowest BCUT2D eigenvalue weighted by Crippen LogP contribution is -2.26. The topological polar surface area (TPSA) is 117 Å². The van der Waals surface area contributed by atoms with Gasteiger partial charge in [-0.3, -0.25) is 9.78 Å². The van der Waals surface area contributed by atoms with E-state index in [1.54, 1.807) is 35.4 Å². The van der Waals surface area contributed by atoms with E-state index < -0.39 is 0 Å². The first-order valence-corrected chi connectivity index (χ1v) is 10.9. The third kappa shape index (κ3) is 3.32. The molecule has 1 aromatic carbocycles. The number of fused-ring (bicyclic) bond motifs is 1. The smallest absolute Gasteiger partial charge is 0.279 e. The summed E-state index contributed by atoms with van der Waals surface area (Å²) in [6, 6.07) is 12.8. The Hall–Kier alpha value is -3.67. The van der Waals surface area contributed by atoms with Gasteiger partial charge in [-0.15, -0.1) is 0 Å². The molecule has 0 aliphatic heterocycles. The van der Waals surface area contributed by atoms with Crippen molar-refractivity contribution >= 4 is 39.4 Å². The number of benzene rings is 1. The maximum Gasteiger partial charge on any atom is 0.279 e. The molecule has 10 heteroatoms. The monoisotopic (exact) mass is 536 g/mol. The Balaban J connectivity index is 1.76. The second-order valence-electron chi connectivity index (χ2n) is 7.14. The minimum Gasteiger partial charge on any atom is -0.383 e. The molecule has 4 heterocycles. The standard InChI is InChI=1S/C22H17IN8O/c1-13(30-21-18(19(23)29-30)20(24)26-12-27-21)16-11-28-31(15-8-5-9-25-10-15)22(32)17(16)14-6-3-2-4-7-14/h2-13H,1H3,(H2,24,26,27). The molecule has 4 aromatic heterocycles. The zero-order valence-corrected chi connectivity index (χ0v) is 19.1. The second-order valence-corrected chi connectivity index (χ2v) is 8.16. The van der Waals surface area contributed by atoms with Gasteiger partial charge in [0.25, 0.3) is 5.56 Å². The number of rotatable bonds is 4. The van der Waals surface area contributed by atoms with E-state index in [1.807, 2.05) is 37.3 Å². The summed E-state index contributed by atoms with van der Waals surface area (Å²) < 4.78 is 3.81. The van der Waals surface area contributed by atoms with Gasteiger partial charge in [-0.1, -0.05) is 30.3 Å². The fraction of sp³-hybridized carbons (Fsp3) is 0.0909. The fourth-order valence-corrected chi connectivity index (χ4v) is 4.45. The molecule has 5 aromatic rings. The Bertz CT molecular complexity index is 1480. The highest BCUT2D eigenvalue weighted by molar-refractivity contribution is 14.1. The Morgan fingerprint density at radius 2 is 1.88 bits per heavy atom. The van der Waals surface area contributed by atoms with Crippen LogP contribution in [0.3, 0.4) is 0 Å². The largest absolute Gasteiger partial charge is 0.383 e. The second kappa shape index (κ2) is 8.11. The summed E-state index contributed by atoms with van der Waals surface area (Å²) in [6.07, 6.45) is 6.37. The van der Waals surface area contributed by atoms with E-state index in [0.717, 1.165) is 11.1 Å². The lowest BCUT2D eigenvalue weighted by molar-refractivity contribution is 0.570. The van der Waals surface area contributed by atoms with Crippen LogP contribution in [-0.4, -0.2) is 34.5 Å². The highest BCUT2D eigenvalue weighted by atomic mass is 127. The van der Waals surface area contributed by atoms with Crippen LogP contribution < -0.4 is 11.3 Å². The number of nitrogens with two attached hydrogens (primary N) is 1. The van der Waals surface area contributed by atoms with E-state index in [2.05, 4.69) is 47.7 Å². The summed E-state index contributed by atoms with van der Waals surface area (Å²) in [5.41, 5.74) is 9.06. The minimum absolute atomic E-state index is 0.242. The van der Waals surface area contributed by atoms with Crippen molar-refractivity contribution in [1.29, 1.82) is 0 Å². The van der Waals surface area contributed by atoms with E-state index >= 15 is 0 Å². The third-order valence-corrected chi connectivity index (χ3v) is 6.01. The number of hydrogen-bond acceptors (Lipinski definition) is 7. The van der Waals surface area contributed by atoms with E-state index in [9.17, 15) is 4.79 Å². The molecule has 0 saturated heterocycles. The van der Waals surface area contributed by atoms with Crippen molar-refractivity contribution in [2.45, 2.75) is 13.0 Å². The average Bonchev–Trinajstić information content (AvgIpc) is 3.17. The van der Waals surface area contributed by atoms with Gasteiger partial charge in [0.2, 0.25) is 0 Å². The van der Waals surface area contributed by atoms with Gasteiger partial charge in [0.05, 0.1) is 35.1 Å². The molecule has 9 nitrogen and oxygen atoms in total. The quantitative estimate of drug-likeness (QED) is 0.351. The van der Waals surface area contributed by atoms with Crippen molar-refractivity contribution in [3.8, 4) is 16.8 Å². The van der Waals surface area contributed by atoms with Gasteiger partial charge in [-0.25, -0.2) is 14.6 Å². The summed E-state index contributed by atoms with van der Waals surface area (Å²) in [4.78, 5) is 26.2. The summed E-state index contributed by atoms with van der Waals surface area (Å²) in [7, 11) is 0. The lowest BCUT2D eigenvalue weighted by Gasteiger charge is -2.18. The van der Waals surface area contributed by atoms with Crippen LogP contribution in [0.2, 0.25) is 0 Å². The Morgan fingerprint density at radius 3 is 2.62 bits per heavy atom. The van der Waals surface area contributed by atoms with E-state index in [4.69, 9.17) is 5.73 Å². The van der Waals surface area contributed by atoms with Crippen molar-refractivity contribution in [2.75, 3.05) is 5.73 Å². The van der Waals surface area contributed by atoms with Gasteiger partial charge in [0, 0.05) is 11.8 Å². The first-order valence-electron chi connectivity index (χ1n) is 9.78. The number of anilines is 1. The summed E-state index contributed by atoms with van der Waals surface area (Å²) in [6.45, 7) is 1.96. The summed E-state index contributed by atoms with van der Waals surface area (Å²) in [5.74, 6) is 0.367. The molecule has 0 fully saturated rings. The predicted molar refractivity (Wildman–Crippen MR) is 129 cm³/mol. The molecule has 0 saturated carbocycles. The molecule has 2 N–H and O–H groups in total. The molecule has 158 valence electrons. The van der Waals surface area contributed by atoms with Crippen molar-refractivity contribution < 1.29 is 0 Å². The summed E-state index contributed by atoms with van der Waals surface area (Å²) >= 11 is 2.12. The first kappa shape index (κ1) is 20.2. The van der Waals surface area contributed by atoms with Crippen LogP contribution in [-0.2, 0) is 0 Å². The van der Waals surface area contributed by atoms with Crippen LogP contribution in [0.25, 0.3) is 27.8 Å². The minimum atomic E-state index is -0.339. The Labute approximate surface area is 196 Å². The predicted octanol–water partition coefficient (Wildman–Crippen LogP) is 3.23. The molecule has 0 bridgehead atoms. The number of aromatic nitrogens is 7. The molecular formula is C22H17IN8O. The van der Waals surface area contributed by atoms with Gasteiger partial charge in [0.1, 0.15) is 15.8 Å². The number of nitrogen functional groups attached to an aromatic ring is 1. The van der Waals surface area contributed by atoms with Crippen LogP contribution in [0, 0.1) is 3.70 Å². The molecule has 5 rings (SSSR count). The number of nitrogens with zero attached hydrogens (tertiary/aromatic N) is 7. The van der Waals surface area contributed by atoms with Gasteiger partial charge >= 0.3 is 0 Å². The summed E-state index contributed by atoms with van der Waals surface area (Å²) in [5, 5.41) is 9.79. The highest BCUT2D eigenvalue weighted by Gasteiger charge is 2.24. The average molecular weight is 536 g/mol. The van der Waals surface area contributed by atoms with E-state index in [1.165, 1.54) is 11.0 Å². The fourth-order valence-electron chi connectivity index (χ4n) is 3.70. The van der Waals surface area contributed by atoms with Crippen molar-refractivity contribution in [1.82, 2.24) is 34.5 Å². The molecule has 0 aliphatic rings. The van der Waals surface area contributed by atoms with Gasteiger partial charge in [-0.2, -0.15) is 14.9 Å². The molecule has 0 amide bonds. The van der Waals surface area contributed by atoms with Crippen LogP contribution in [0.5, 0.6) is 0 Å². The molecule has 0 spiro atoms. The zero-order chi connectivity index (χ0) is 22.2. The number of hydrogen-bond donors (Lipinski definition) is 1. The van der Waals surface area contributed by atoms with Crippen LogP contribution >= 0.6 is 22.6 Å². The van der Waals surface area contributed by atoms with Crippen molar-refractivity contribution in [3.05, 3.63) is 87.0 Å². The normalized spacial score (nSPS) is 12.2. The van der Waals surface area contributed by atoms with Crippen molar-refractivity contribution in [2.24, 2.45) is 0 Å². The number of halogens is 1. The SMILES string of the molecule is CC(c1cnn(-c2cccnc2)c(=O)c1-c1ccccc1)n1nc(I)c2c(N)ncnc21. The maximum absolute atomic E-state index is 13.6. The van der Waals surface area contributed by atoms with Gasteiger partial charge in [0.15, 0.2) is 5.65 Å². The Kier molecular flexibility index (Phi) is 5.13.